The van der Waals surface area contributed by atoms with Gasteiger partial charge in [-0.3, -0.25) is 0 Å². The maximum Gasteiger partial charge on any atom is 0.0494 e. The van der Waals surface area contributed by atoms with Crippen LogP contribution in [0.25, 0.3) is 0 Å². The molecule has 0 bridgehead atoms. The lowest BCUT2D eigenvalue weighted by molar-refractivity contribution is 0.0908. The predicted molar refractivity (Wildman–Crippen MR) is 86.4 cm³/mol. The highest BCUT2D eigenvalue weighted by Gasteiger charge is 2.05. The topological polar surface area (TPSA) is 9.23 Å². The van der Waals surface area contributed by atoms with Crippen LogP contribution < -0.4 is 0 Å². The first-order chi connectivity index (χ1) is 9.35. The van der Waals surface area contributed by atoms with Gasteiger partial charge in [0.25, 0.3) is 0 Å². The van der Waals surface area contributed by atoms with Gasteiger partial charge in [-0.15, -0.1) is 0 Å². The van der Waals surface area contributed by atoms with Crippen molar-refractivity contribution in [2.45, 2.75) is 90.9 Å². The van der Waals surface area contributed by atoms with Crippen LogP contribution in [-0.2, 0) is 4.74 Å². The second-order valence-corrected chi connectivity index (χ2v) is 5.82. The molecule has 0 amide bonds. The molecule has 0 saturated carbocycles. The zero-order valence-electron chi connectivity index (χ0n) is 13.6. The largest absolute Gasteiger partial charge is 0.381 e. The molecule has 1 radical (unpaired) electrons. The molecule has 0 heterocycles. The molecular formula is C18H37O. The van der Waals surface area contributed by atoms with Crippen LogP contribution in [-0.4, -0.2) is 13.2 Å². The van der Waals surface area contributed by atoms with Crippen molar-refractivity contribution in [3.8, 4) is 0 Å². The molecule has 0 aromatic carbocycles. The van der Waals surface area contributed by atoms with E-state index in [0.717, 1.165) is 25.6 Å². The van der Waals surface area contributed by atoms with Crippen LogP contribution in [0.2, 0.25) is 0 Å². The predicted octanol–water partition coefficient (Wildman–Crippen LogP) is 6.17. The van der Waals surface area contributed by atoms with Gasteiger partial charge in [0.2, 0.25) is 0 Å². The maximum atomic E-state index is 5.82. The molecule has 1 atom stereocenters. The van der Waals surface area contributed by atoms with Gasteiger partial charge < -0.3 is 4.74 Å². The molecule has 1 heteroatoms. The van der Waals surface area contributed by atoms with E-state index in [1.165, 1.54) is 70.6 Å². The Morgan fingerprint density at radius 1 is 0.842 bits per heavy atom. The van der Waals surface area contributed by atoms with Crippen molar-refractivity contribution < 1.29 is 4.74 Å². The van der Waals surface area contributed by atoms with E-state index in [0.29, 0.717) is 0 Å². The van der Waals surface area contributed by atoms with Crippen molar-refractivity contribution in [2.24, 2.45) is 5.92 Å². The third kappa shape index (κ3) is 14.2. The van der Waals surface area contributed by atoms with Gasteiger partial charge in [-0.25, -0.2) is 0 Å². The van der Waals surface area contributed by atoms with Crippen molar-refractivity contribution in [2.75, 3.05) is 13.2 Å². The summed E-state index contributed by atoms with van der Waals surface area (Å²) in [6.45, 7) is 10.4. The summed E-state index contributed by atoms with van der Waals surface area (Å²) >= 11 is 0. The fourth-order valence-corrected chi connectivity index (χ4v) is 2.41. The van der Waals surface area contributed by atoms with Crippen molar-refractivity contribution in [1.82, 2.24) is 0 Å². The first-order valence-corrected chi connectivity index (χ1v) is 8.72. The monoisotopic (exact) mass is 269 g/mol. The fraction of sp³-hybridized carbons (Fsp3) is 0.944. The number of unbranched alkanes of at least 4 members (excludes halogenated alkanes) is 8. The van der Waals surface area contributed by atoms with Crippen LogP contribution >= 0.6 is 0 Å². The SMILES string of the molecule is [CH2]CCCCCCCCCOCC(CC)CCCC. The lowest BCUT2D eigenvalue weighted by Gasteiger charge is -2.14. The molecule has 0 aliphatic rings. The van der Waals surface area contributed by atoms with E-state index in [1.807, 2.05) is 0 Å². The van der Waals surface area contributed by atoms with Crippen LogP contribution in [0, 0.1) is 12.8 Å². The first kappa shape index (κ1) is 19.0. The zero-order chi connectivity index (χ0) is 14.2. The number of hydrogen-bond acceptors (Lipinski definition) is 1. The van der Waals surface area contributed by atoms with Crippen LogP contribution in [0.15, 0.2) is 0 Å². The first-order valence-electron chi connectivity index (χ1n) is 8.72. The van der Waals surface area contributed by atoms with Crippen LogP contribution in [0.5, 0.6) is 0 Å². The van der Waals surface area contributed by atoms with Crippen molar-refractivity contribution in [3.63, 3.8) is 0 Å². The molecular weight excluding hydrogens is 232 g/mol. The van der Waals surface area contributed by atoms with Gasteiger partial charge >= 0.3 is 0 Å². The van der Waals surface area contributed by atoms with Crippen LogP contribution in [0.1, 0.15) is 90.9 Å². The highest BCUT2D eigenvalue weighted by atomic mass is 16.5. The number of ether oxygens (including phenoxy) is 1. The van der Waals surface area contributed by atoms with Crippen molar-refractivity contribution >= 4 is 0 Å². The molecule has 19 heavy (non-hydrogen) atoms. The smallest absolute Gasteiger partial charge is 0.0494 e. The van der Waals surface area contributed by atoms with Crippen LogP contribution in [0.4, 0.5) is 0 Å². The molecule has 0 rings (SSSR count). The molecule has 0 aliphatic heterocycles. The molecule has 0 N–H and O–H groups in total. The third-order valence-corrected chi connectivity index (χ3v) is 3.94. The van der Waals surface area contributed by atoms with Crippen molar-refractivity contribution in [1.29, 1.82) is 0 Å². The molecule has 0 saturated heterocycles. The lowest BCUT2D eigenvalue weighted by atomic mass is 10.0. The normalized spacial score (nSPS) is 12.8. The van der Waals surface area contributed by atoms with E-state index in [2.05, 4.69) is 20.8 Å². The molecule has 0 aliphatic carbocycles. The summed E-state index contributed by atoms with van der Waals surface area (Å²) in [6.07, 6.45) is 15.8. The summed E-state index contributed by atoms with van der Waals surface area (Å²) in [5.74, 6) is 0.794. The fourth-order valence-electron chi connectivity index (χ4n) is 2.41. The summed E-state index contributed by atoms with van der Waals surface area (Å²) in [4.78, 5) is 0. The Balaban J connectivity index is 3.16. The molecule has 0 spiro atoms. The van der Waals surface area contributed by atoms with E-state index < -0.39 is 0 Å². The van der Waals surface area contributed by atoms with E-state index in [4.69, 9.17) is 4.74 Å². The molecule has 115 valence electrons. The van der Waals surface area contributed by atoms with Gasteiger partial charge in [0.1, 0.15) is 0 Å². The third-order valence-electron chi connectivity index (χ3n) is 3.94. The van der Waals surface area contributed by atoms with E-state index >= 15 is 0 Å². The van der Waals surface area contributed by atoms with E-state index in [-0.39, 0.29) is 0 Å². The van der Waals surface area contributed by atoms with E-state index in [1.54, 1.807) is 0 Å². The molecule has 1 unspecified atom stereocenters. The molecule has 0 aromatic rings. The maximum absolute atomic E-state index is 5.82. The molecule has 0 aromatic heterocycles. The standard InChI is InChI=1S/C18H37O/c1-4-7-9-10-11-12-13-14-16-19-17-18(6-3)15-8-5-2/h18H,1,4-17H2,2-3H3. The van der Waals surface area contributed by atoms with Gasteiger partial charge in [-0.05, 0) is 18.8 Å². The minimum atomic E-state index is 0.794. The summed E-state index contributed by atoms with van der Waals surface area (Å²) < 4.78 is 5.82. The molecule has 1 nitrogen and oxygen atoms in total. The van der Waals surface area contributed by atoms with Gasteiger partial charge in [0.15, 0.2) is 0 Å². The minimum absolute atomic E-state index is 0.794. The summed E-state index contributed by atoms with van der Waals surface area (Å²) in [5, 5.41) is 0. The summed E-state index contributed by atoms with van der Waals surface area (Å²) in [7, 11) is 0. The van der Waals surface area contributed by atoms with Gasteiger partial charge in [0, 0.05) is 13.2 Å². The highest BCUT2D eigenvalue weighted by molar-refractivity contribution is 4.56. The Labute approximate surface area is 122 Å². The second-order valence-electron chi connectivity index (χ2n) is 5.82. The highest BCUT2D eigenvalue weighted by Crippen LogP contribution is 2.13. The average Bonchev–Trinajstić information content (AvgIpc) is 2.44. The Hall–Kier alpha value is -0.0400. The minimum Gasteiger partial charge on any atom is -0.381 e. The average molecular weight is 269 g/mol. The van der Waals surface area contributed by atoms with Crippen molar-refractivity contribution in [3.05, 3.63) is 6.92 Å². The zero-order valence-corrected chi connectivity index (χ0v) is 13.6. The Morgan fingerprint density at radius 3 is 2.05 bits per heavy atom. The number of rotatable bonds is 15. The quantitative estimate of drug-likeness (QED) is 0.323. The number of hydrogen-bond donors (Lipinski definition) is 0. The Morgan fingerprint density at radius 2 is 1.47 bits per heavy atom. The second kappa shape index (κ2) is 16.0. The van der Waals surface area contributed by atoms with Gasteiger partial charge in [0.05, 0.1) is 0 Å². The van der Waals surface area contributed by atoms with E-state index in [9.17, 15) is 0 Å². The Bertz CT molecular complexity index is 156. The van der Waals surface area contributed by atoms with Gasteiger partial charge in [-0.1, -0.05) is 85.0 Å². The van der Waals surface area contributed by atoms with Crippen LogP contribution in [0.3, 0.4) is 0 Å². The van der Waals surface area contributed by atoms with Gasteiger partial charge in [-0.2, -0.15) is 0 Å². The lowest BCUT2D eigenvalue weighted by Crippen LogP contribution is -2.09. The Kier molecular flexibility index (Phi) is 16.0. The summed E-state index contributed by atoms with van der Waals surface area (Å²) in [6, 6.07) is 0. The molecule has 0 fully saturated rings. The summed E-state index contributed by atoms with van der Waals surface area (Å²) in [5.41, 5.74) is 0.